The van der Waals surface area contributed by atoms with Crippen molar-refractivity contribution >= 4 is 0 Å². The third-order valence-electron chi connectivity index (χ3n) is 1.14. The van der Waals surface area contributed by atoms with Crippen molar-refractivity contribution in [1.82, 2.24) is 4.57 Å². The van der Waals surface area contributed by atoms with E-state index in [1.807, 2.05) is 0 Å². The molecule has 0 saturated carbocycles. The van der Waals surface area contributed by atoms with Gasteiger partial charge < -0.3 is 17.5 Å². The lowest BCUT2D eigenvalue weighted by molar-refractivity contribution is -0.677. The van der Waals surface area contributed by atoms with Crippen molar-refractivity contribution in [2.75, 3.05) is 0 Å². The molecule has 0 spiro atoms. The first-order valence-electron chi connectivity index (χ1n) is 2.41. The second-order valence-electron chi connectivity index (χ2n) is 1.82. The Morgan fingerprint density at radius 1 is 1.67 bits per heavy atom. The maximum Gasteiger partial charge on any atom is 0.453 e. The van der Waals surface area contributed by atoms with Crippen LogP contribution in [0.3, 0.4) is 0 Å². The van der Waals surface area contributed by atoms with Gasteiger partial charge >= 0.3 is 6.01 Å². The SMILES string of the molecule is Cn1cc[n+](C)c1O.[Cl-]. The molecule has 1 N–H and O–H groups in total. The zero-order chi connectivity index (χ0) is 6.15. The molecule has 0 aromatic carbocycles. The van der Waals surface area contributed by atoms with Crippen molar-refractivity contribution in [1.29, 1.82) is 0 Å². The number of halogens is 1. The van der Waals surface area contributed by atoms with Crippen LogP contribution in [0.1, 0.15) is 0 Å². The topological polar surface area (TPSA) is 29.0 Å². The van der Waals surface area contributed by atoms with Crippen molar-refractivity contribution in [3.8, 4) is 6.01 Å². The molecule has 1 aromatic rings. The summed E-state index contributed by atoms with van der Waals surface area (Å²) in [7, 11) is 3.57. The second kappa shape index (κ2) is 2.73. The Bertz CT molecular complexity index is 177. The van der Waals surface area contributed by atoms with Crippen LogP contribution in [0.5, 0.6) is 6.01 Å². The minimum atomic E-state index is 0. The summed E-state index contributed by atoms with van der Waals surface area (Å²) in [4.78, 5) is 0. The van der Waals surface area contributed by atoms with Crippen LogP contribution in [-0.4, -0.2) is 9.67 Å². The molecular formula is C5H9ClN2O. The van der Waals surface area contributed by atoms with E-state index in [0.29, 0.717) is 0 Å². The highest BCUT2D eigenvalue weighted by Gasteiger charge is 2.05. The first kappa shape index (κ1) is 8.30. The molecule has 52 valence electrons. The average Bonchev–Trinajstić information content (AvgIpc) is 1.98. The fourth-order valence-corrected chi connectivity index (χ4v) is 0.582. The Labute approximate surface area is 60.0 Å². The monoisotopic (exact) mass is 148 g/mol. The van der Waals surface area contributed by atoms with Gasteiger partial charge in [0.05, 0.1) is 14.1 Å². The predicted molar refractivity (Wildman–Crippen MR) is 28.3 cm³/mol. The number of aromatic hydroxyl groups is 1. The quantitative estimate of drug-likeness (QED) is 0.381. The lowest BCUT2D eigenvalue weighted by Crippen LogP contribution is -3.00. The summed E-state index contributed by atoms with van der Waals surface area (Å²) in [6.07, 6.45) is 3.57. The van der Waals surface area contributed by atoms with Gasteiger partial charge in [-0.1, -0.05) is 0 Å². The molecule has 1 rings (SSSR count). The molecule has 0 unspecified atom stereocenters. The summed E-state index contributed by atoms with van der Waals surface area (Å²) < 4.78 is 3.28. The van der Waals surface area contributed by atoms with Crippen LogP contribution in [-0.2, 0) is 14.1 Å². The van der Waals surface area contributed by atoms with E-state index in [1.54, 1.807) is 35.6 Å². The number of aryl methyl sites for hydroxylation is 2. The number of hydrogen-bond acceptors (Lipinski definition) is 1. The standard InChI is InChI=1S/C5H8N2O.ClH/c1-6-3-4-7(2)5(6)8;/h3-4H,1-2H3;1H. The van der Waals surface area contributed by atoms with Crippen LogP contribution in [0.15, 0.2) is 12.4 Å². The number of hydrogen-bond donors (Lipinski definition) is 1. The molecule has 3 nitrogen and oxygen atoms in total. The Hall–Kier alpha value is -0.700. The Morgan fingerprint density at radius 3 is 2.33 bits per heavy atom. The minimum Gasteiger partial charge on any atom is -1.00 e. The van der Waals surface area contributed by atoms with Crippen LogP contribution in [0.2, 0.25) is 0 Å². The third-order valence-corrected chi connectivity index (χ3v) is 1.14. The lowest BCUT2D eigenvalue weighted by Gasteiger charge is -1.82. The van der Waals surface area contributed by atoms with Crippen molar-refractivity contribution in [3.63, 3.8) is 0 Å². The highest BCUT2D eigenvalue weighted by Crippen LogP contribution is 1.94. The number of imidazole rings is 1. The van der Waals surface area contributed by atoms with Gasteiger partial charge in [-0.2, -0.15) is 0 Å². The van der Waals surface area contributed by atoms with Crippen LogP contribution in [0.4, 0.5) is 0 Å². The highest BCUT2D eigenvalue weighted by atomic mass is 35.5. The average molecular weight is 149 g/mol. The first-order chi connectivity index (χ1) is 3.72. The Morgan fingerprint density at radius 2 is 2.22 bits per heavy atom. The van der Waals surface area contributed by atoms with E-state index in [4.69, 9.17) is 5.11 Å². The van der Waals surface area contributed by atoms with Crippen molar-refractivity contribution < 1.29 is 22.1 Å². The number of aromatic nitrogens is 2. The maximum atomic E-state index is 8.97. The summed E-state index contributed by atoms with van der Waals surface area (Å²) in [5.74, 6) is 0. The van der Waals surface area contributed by atoms with Gasteiger partial charge in [0.15, 0.2) is 0 Å². The summed E-state index contributed by atoms with van der Waals surface area (Å²) in [6, 6.07) is 0.269. The predicted octanol–water partition coefficient (Wildman–Crippen LogP) is -3.44. The smallest absolute Gasteiger partial charge is 0.453 e. The van der Waals surface area contributed by atoms with Gasteiger partial charge in [-0.15, -0.1) is 0 Å². The van der Waals surface area contributed by atoms with Crippen LogP contribution < -0.4 is 17.0 Å². The van der Waals surface area contributed by atoms with Crippen molar-refractivity contribution in [3.05, 3.63) is 12.4 Å². The fraction of sp³-hybridized carbons (Fsp3) is 0.400. The molecular weight excluding hydrogens is 140 g/mol. The molecule has 0 aliphatic carbocycles. The highest BCUT2D eigenvalue weighted by molar-refractivity contribution is 4.82. The fourth-order valence-electron chi connectivity index (χ4n) is 0.582. The van der Waals surface area contributed by atoms with E-state index in [1.165, 1.54) is 0 Å². The second-order valence-corrected chi connectivity index (χ2v) is 1.82. The Balaban J connectivity index is 0.000000640. The third kappa shape index (κ3) is 1.36. The van der Waals surface area contributed by atoms with Gasteiger partial charge in [0.25, 0.3) is 0 Å². The molecule has 0 amide bonds. The zero-order valence-corrected chi connectivity index (χ0v) is 6.13. The summed E-state index contributed by atoms with van der Waals surface area (Å²) in [5.41, 5.74) is 0. The van der Waals surface area contributed by atoms with Gasteiger partial charge in [-0.25, -0.2) is 9.13 Å². The number of nitrogens with zero attached hydrogens (tertiary/aromatic N) is 2. The Kier molecular flexibility index (Phi) is 2.52. The van der Waals surface area contributed by atoms with E-state index >= 15 is 0 Å². The van der Waals surface area contributed by atoms with Crippen molar-refractivity contribution in [2.45, 2.75) is 0 Å². The van der Waals surface area contributed by atoms with Gasteiger partial charge in [-0.05, 0) is 0 Å². The molecule has 0 atom stereocenters. The normalized spacial score (nSPS) is 8.67. The van der Waals surface area contributed by atoms with Gasteiger partial charge in [0.1, 0.15) is 12.4 Å². The van der Waals surface area contributed by atoms with E-state index < -0.39 is 0 Å². The van der Waals surface area contributed by atoms with E-state index in [0.717, 1.165) is 0 Å². The summed E-state index contributed by atoms with van der Waals surface area (Å²) >= 11 is 0. The van der Waals surface area contributed by atoms with Gasteiger partial charge in [0, 0.05) is 0 Å². The van der Waals surface area contributed by atoms with Crippen LogP contribution >= 0.6 is 0 Å². The summed E-state index contributed by atoms with van der Waals surface area (Å²) in [6.45, 7) is 0. The molecule has 0 bridgehead atoms. The molecule has 1 aromatic heterocycles. The van der Waals surface area contributed by atoms with E-state index in [9.17, 15) is 0 Å². The largest absolute Gasteiger partial charge is 1.00 e. The summed E-state index contributed by atoms with van der Waals surface area (Å²) in [5, 5.41) is 8.97. The molecule has 4 heteroatoms. The molecule has 0 radical (unpaired) electrons. The van der Waals surface area contributed by atoms with Crippen LogP contribution in [0.25, 0.3) is 0 Å². The van der Waals surface area contributed by atoms with E-state index in [2.05, 4.69) is 0 Å². The molecule has 0 saturated heterocycles. The van der Waals surface area contributed by atoms with Crippen LogP contribution in [0, 0.1) is 0 Å². The molecule has 0 aliphatic heterocycles. The number of rotatable bonds is 0. The molecule has 0 aliphatic rings. The molecule has 1 heterocycles. The zero-order valence-electron chi connectivity index (χ0n) is 5.37. The van der Waals surface area contributed by atoms with E-state index in [-0.39, 0.29) is 18.4 Å². The minimum absolute atomic E-state index is 0. The maximum absolute atomic E-state index is 8.97. The lowest BCUT2D eigenvalue weighted by atomic mass is 10.9. The first-order valence-corrected chi connectivity index (χ1v) is 2.41. The van der Waals surface area contributed by atoms with Crippen molar-refractivity contribution in [2.24, 2.45) is 14.1 Å². The van der Waals surface area contributed by atoms with Gasteiger partial charge in [-0.3, -0.25) is 0 Å². The molecule has 9 heavy (non-hydrogen) atoms. The van der Waals surface area contributed by atoms with Gasteiger partial charge in [0.2, 0.25) is 0 Å². The molecule has 0 fully saturated rings.